The van der Waals surface area contributed by atoms with Crippen molar-refractivity contribution in [3.8, 4) is 34.0 Å². The van der Waals surface area contributed by atoms with Crippen LogP contribution in [0.5, 0.6) is 11.5 Å². The molecule has 0 saturated heterocycles. The molecule has 4 heteroatoms. The molecule has 0 N–H and O–H groups in total. The average molecular weight is 523 g/mol. The Morgan fingerprint density at radius 2 is 1.00 bits per heavy atom. The van der Waals surface area contributed by atoms with Crippen LogP contribution in [0.25, 0.3) is 22.5 Å². The van der Waals surface area contributed by atoms with Gasteiger partial charge in [0.15, 0.2) is 11.5 Å². The van der Waals surface area contributed by atoms with Gasteiger partial charge in [0.1, 0.15) is 13.2 Å². The van der Waals surface area contributed by atoms with E-state index in [0.717, 1.165) is 33.6 Å². The Kier molecular flexibility index (Phi) is 7.67. The highest BCUT2D eigenvalue weighted by Gasteiger charge is 2.16. The van der Waals surface area contributed by atoms with Gasteiger partial charge >= 0.3 is 0 Å². The first-order valence-electron chi connectivity index (χ1n) is 13.5. The van der Waals surface area contributed by atoms with Gasteiger partial charge in [0, 0.05) is 11.1 Å². The Bertz CT molecular complexity index is 1650. The molecule has 0 aliphatic carbocycles. The summed E-state index contributed by atoms with van der Waals surface area (Å²) in [5.41, 5.74) is 7.44. The van der Waals surface area contributed by atoms with Gasteiger partial charge in [-0.3, -0.25) is 4.68 Å². The Morgan fingerprint density at radius 1 is 0.475 bits per heavy atom. The van der Waals surface area contributed by atoms with E-state index in [0.29, 0.717) is 31.3 Å². The summed E-state index contributed by atoms with van der Waals surface area (Å²) in [6.45, 7) is 1.58. The first-order valence-corrected chi connectivity index (χ1v) is 13.5. The fourth-order valence-corrected chi connectivity index (χ4v) is 4.65. The molecule has 196 valence electrons. The van der Waals surface area contributed by atoms with Gasteiger partial charge in [-0.05, 0) is 41.0 Å². The lowest BCUT2D eigenvalue weighted by atomic mass is 10.1. The van der Waals surface area contributed by atoms with Gasteiger partial charge in [-0.1, -0.05) is 121 Å². The number of hydrogen-bond acceptors (Lipinski definition) is 3. The summed E-state index contributed by atoms with van der Waals surface area (Å²) in [5.74, 6) is 1.41. The molecule has 0 bridgehead atoms. The van der Waals surface area contributed by atoms with E-state index in [-0.39, 0.29) is 0 Å². The Morgan fingerprint density at radius 3 is 1.60 bits per heavy atom. The summed E-state index contributed by atoms with van der Waals surface area (Å²) in [6, 6.07) is 49.4. The third-order valence-electron chi connectivity index (χ3n) is 6.74. The van der Waals surface area contributed by atoms with Crippen molar-refractivity contribution in [2.75, 3.05) is 0 Å². The van der Waals surface area contributed by atoms with E-state index in [2.05, 4.69) is 83.5 Å². The molecule has 0 amide bonds. The fraction of sp³-hybridized carbons (Fsp3) is 0.0833. The van der Waals surface area contributed by atoms with E-state index in [1.54, 1.807) is 0 Å². The molecule has 1 heterocycles. The molecule has 6 aromatic rings. The molecular weight excluding hydrogens is 492 g/mol. The third-order valence-corrected chi connectivity index (χ3v) is 6.74. The van der Waals surface area contributed by atoms with Gasteiger partial charge in [-0.2, -0.15) is 5.10 Å². The van der Waals surface area contributed by atoms with Gasteiger partial charge in [-0.15, -0.1) is 0 Å². The van der Waals surface area contributed by atoms with Crippen LogP contribution in [0, 0.1) is 0 Å². The van der Waals surface area contributed by atoms with Crippen LogP contribution in [-0.2, 0) is 19.8 Å². The topological polar surface area (TPSA) is 36.3 Å². The molecule has 6 rings (SSSR count). The molecule has 40 heavy (non-hydrogen) atoms. The van der Waals surface area contributed by atoms with Crippen molar-refractivity contribution >= 4 is 0 Å². The smallest absolute Gasteiger partial charge is 0.162 e. The molecule has 0 saturated carbocycles. The SMILES string of the molecule is c1ccc(COc2ccc(-c3cc(-c4ccccc4)nn3Cc3ccccc3)cc2OCc2ccccc2)cc1. The van der Waals surface area contributed by atoms with Crippen LogP contribution >= 0.6 is 0 Å². The maximum absolute atomic E-state index is 6.37. The second-order valence-corrected chi connectivity index (χ2v) is 9.63. The quantitative estimate of drug-likeness (QED) is 0.181. The molecule has 0 unspecified atom stereocenters. The van der Waals surface area contributed by atoms with Crippen LogP contribution < -0.4 is 9.47 Å². The van der Waals surface area contributed by atoms with Crippen LogP contribution in [0.4, 0.5) is 0 Å². The summed E-state index contributed by atoms with van der Waals surface area (Å²) < 4.78 is 14.7. The van der Waals surface area contributed by atoms with Gasteiger partial charge in [0.05, 0.1) is 17.9 Å². The number of hydrogen-bond donors (Lipinski definition) is 0. The van der Waals surface area contributed by atoms with Crippen molar-refractivity contribution in [3.05, 3.63) is 162 Å². The molecule has 0 aliphatic heterocycles. The Hall–Kier alpha value is -5.09. The molecule has 4 nitrogen and oxygen atoms in total. The largest absolute Gasteiger partial charge is 0.485 e. The summed E-state index contributed by atoms with van der Waals surface area (Å²) in [7, 11) is 0. The highest BCUT2D eigenvalue weighted by atomic mass is 16.5. The van der Waals surface area contributed by atoms with E-state index in [1.165, 1.54) is 5.56 Å². The van der Waals surface area contributed by atoms with Crippen LogP contribution in [0.1, 0.15) is 16.7 Å². The lowest BCUT2D eigenvalue weighted by Crippen LogP contribution is -2.05. The number of nitrogens with zero attached hydrogens (tertiary/aromatic N) is 2. The zero-order valence-corrected chi connectivity index (χ0v) is 22.2. The maximum atomic E-state index is 6.37. The van der Waals surface area contributed by atoms with Crippen LogP contribution in [0.15, 0.2) is 146 Å². The summed E-state index contributed by atoms with van der Waals surface area (Å²) in [4.78, 5) is 0. The lowest BCUT2D eigenvalue weighted by Gasteiger charge is -2.15. The van der Waals surface area contributed by atoms with Crippen molar-refractivity contribution < 1.29 is 9.47 Å². The number of aromatic nitrogens is 2. The van der Waals surface area contributed by atoms with Crippen molar-refractivity contribution in [2.24, 2.45) is 0 Å². The normalized spacial score (nSPS) is 10.8. The number of rotatable bonds is 10. The minimum absolute atomic E-state index is 0.449. The van der Waals surface area contributed by atoms with E-state index < -0.39 is 0 Å². The monoisotopic (exact) mass is 522 g/mol. The first kappa shape index (κ1) is 25.2. The average Bonchev–Trinajstić information content (AvgIpc) is 3.45. The van der Waals surface area contributed by atoms with Crippen molar-refractivity contribution in [1.29, 1.82) is 0 Å². The van der Waals surface area contributed by atoms with Crippen molar-refractivity contribution in [1.82, 2.24) is 9.78 Å². The van der Waals surface area contributed by atoms with Gasteiger partial charge in [-0.25, -0.2) is 0 Å². The highest BCUT2D eigenvalue weighted by Crippen LogP contribution is 2.35. The second kappa shape index (κ2) is 12.2. The summed E-state index contributed by atoms with van der Waals surface area (Å²) in [6.07, 6.45) is 0. The standard InChI is InChI=1S/C36H30N2O2/c1-5-13-28(14-6-1)25-38-34(24-33(37-38)31-19-11-4-12-20-31)32-21-22-35(39-26-29-15-7-2-8-16-29)36(23-32)40-27-30-17-9-3-10-18-30/h1-24H,25-27H2. The third kappa shape index (κ3) is 6.13. The predicted octanol–water partition coefficient (Wildman–Crippen LogP) is 8.42. The van der Waals surface area contributed by atoms with Gasteiger partial charge < -0.3 is 9.47 Å². The Balaban J connectivity index is 1.36. The minimum atomic E-state index is 0.449. The van der Waals surface area contributed by atoms with E-state index in [9.17, 15) is 0 Å². The van der Waals surface area contributed by atoms with Gasteiger partial charge in [0.25, 0.3) is 0 Å². The molecule has 0 aliphatic rings. The fourth-order valence-electron chi connectivity index (χ4n) is 4.65. The summed E-state index contributed by atoms with van der Waals surface area (Å²) in [5, 5.41) is 5.02. The van der Waals surface area contributed by atoms with Crippen molar-refractivity contribution in [3.63, 3.8) is 0 Å². The van der Waals surface area contributed by atoms with Crippen LogP contribution in [0.2, 0.25) is 0 Å². The lowest BCUT2D eigenvalue weighted by molar-refractivity contribution is 0.256. The Labute approximate surface area is 235 Å². The van der Waals surface area contributed by atoms with Crippen LogP contribution in [-0.4, -0.2) is 9.78 Å². The van der Waals surface area contributed by atoms with E-state index in [4.69, 9.17) is 14.6 Å². The maximum Gasteiger partial charge on any atom is 0.162 e. The zero-order valence-electron chi connectivity index (χ0n) is 22.2. The first-order chi connectivity index (χ1) is 19.8. The highest BCUT2D eigenvalue weighted by molar-refractivity contribution is 5.71. The molecule has 0 spiro atoms. The molecule has 0 atom stereocenters. The molecule has 0 radical (unpaired) electrons. The second-order valence-electron chi connectivity index (χ2n) is 9.63. The summed E-state index contributed by atoms with van der Waals surface area (Å²) >= 11 is 0. The van der Waals surface area contributed by atoms with Crippen molar-refractivity contribution in [2.45, 2.75) is 19.8 Å². The predicted molar refractivity (Wildman–Crippen MR) is 160 cm³/mol. The van der Waals surface area contributed by atoms with E-state index in [1.807, 2.05) is 66.7 Å². The minimum Gasteiger partial charge on any atom is -0.485 e. The van der Waals surface area contributed by atoms with E-state index >= 15 is 0 Å². The van der Waals surface area contributed by atoms with Gasteiger partial charge in [0.2, 0.25) is 0 Å². The molecule has 0 fully saturated rings. The molecular formula is C36H30N2O2. The molecule has 1 aromatic heterocycles. The number of benzene rings is 5. The van der Waals surface area contributed by atoms with Crippen LogP contribution in [0.3, 0.4) is 0 Å². The zero-order chi connectivity index (χ0) is 27.0. The molecule has 5 aromatic carbocycles. The number of ether oxygens (including phenoxy) is 2.